The molecule has 4 atom stereocenters. The van der Waals surface area contributed by atoms with Gasteiger partial charge in [0.15, 0.2) is 0 Å². The molecule has 4 nitrogen and oxygen atoms in total. The van der Waals surface area contributed by atoms with Crippen LogP contribution in [0.5, 0.6) is 0 Å². The van der Waals surface area contributed by atoms with Crippen LogP contribution in [0.25, 0.3) is 0 Å². The van der Waals surface area contributed by atoms with E-state index < -0.39 is 6.10 Å². The van der Waals surface area contributed by atoms with Gasteiger partial charge < -0.3 is 9.84 Å². The van der Waals surface area contributed by atoms with Crippen molar-refractivity contribution in [3.8, 4) is 0 Å². The standard InChI is InChI=1S/C18H27NO3S/c1-4-5-6-7-13(20)11-15(21)19-16(23)22-14-10-12-8-9-18(14,19)17(12,2)3/h6-7,12-14,20H,4-5,8-11H2,1-3H3/b7-6+/t12-,13+,14-,18+/m1/s1. The van der Waals surface area contributed by atoms with Gasteiger partial charge in [0.25, 0.3) is 5.17 Å². The molecule has 1 amide bonds. The Morgan fingerprint density at radius 1 is 1.57 bits per heavy atom. The van der Waals surface area contributed by atoms with Gasteiger partial charge in [0.05, 0.1) is 18.1 Å². The van der Waals surface area contributed by atoms with Gasteiger partial charge in [0.2, 0.25) is 5.91 Å². The minimum absolute atomic E-state index is 0.0108. The Balaban J connectivity index is 1.78. The van der Waals surface area contributed by atoms with Crippen LogP contribution in [0.1, 0.15) is 59.3 Å². The first-order valence-electron chi connectivity index (χ1n) is 8.73. The first kappa shape index (κ1) is 16.9. The Hall–Kier alpha value is -0.940. The predicted octanol–water partition coefficient (Wildman–Crippen LogP) is 3.18. The molecular weight excluding hydrogens is 310 g/mol. The molecule has 3 fully saturated rings. The summed E-state index contributed by atoms with van der Waals surface area (Å²) >= 11 is 5.37. The van der Waals surface area contributed by atoms with Gasteiger partial charge in [-0.3, -0.25) is 9.69 Å². The smallest absolute Gasteiger partial charge is 0.267 e. The molecule has 0 aromatic rings. The Labute approximate surface area is 143 Å². The van der Waals surface area contributed by atoms with Crippen molar-refractivity contribution in [1.29, 1.82) is 0 Å². The molecule has 128 valence electrons. The van der Waals surface area contributed by atoms with Crippen LogP contribution in [0.3, 0.4) is 0 Å². The zero-order valence-electron chi connectivity index (χ0n) is 14.2. The van der Waals surface area contributed by atoms with E-state index in [2.05, 4.69) is 20.8 Å². The summed E-state index contributed by atoms with van der Waals surface area (Å²) in [5.41, 5.74) is -0.296. The number of fused-ring (bicyclic) bond motifs is 1. The summed E-state index contributed by atoms with van der Waals surface area (Å²) in [5, 5.41) is 10.4. The number of ether oxygens (including phenoxy) is 1. The summed E-state index contributed by atoms with van der Waals surface area (Å²) in [6.45, 7) is 6.56. The Morgan fingerprint density at radius 2 is 2.30 bits per heavy atom. The number of nitrogens with zero attached hydrogens (tertiary/aromatic N) is 1. The summed E-state index contributed by atoms with van der Waals surface area (Å²) in [4.78, 5) is 14.6. The lowest BCUT2D eigenvalue weighted by Crippen LogP contribution is -2.57. The van der Waals surface area contributed by atoms with E-state index in [4.69, 9.17) is 17.0 Å². The zero-order valence-corrected chi connectivity index (χ0v) is 15.1. The number of carbonyl (C=O) groups is 1. The van der Waals surface area contributed by atoms with Gasteiger partial charge in [0.1, 0.15) is 6.10 Å². The summed E-state index contributed by atoms with van der Waals surface area (Å²) in [7, 11) is 0. The lowest BCUT2D eigenvalue weighted by molar-refractivity contribution is -0.135. The number of amides is 1. The highest BCUT2D eigenvalue weighted by Crippen LogP contribution is 2.65. The van der Waals surface area contributed by atoms with Crippen LogP contribution in [0.2, 0.25) is 0 Å². The second-order valence-corrected chi connectivity index (χ2v) is 8.06. The van der Waals surface area contributed by atoms with Gasteiger partial charge in [-0.25, -0.2) is 0 Å². The molecule has 0 unspecified atom stereocenters. The zero-order chi connectivity index (χ0) is 16.8. The molecule has 3 aliphatic rings. The molecule has 2 saturated carbocycles. The van der Waals surface area contributed by atoms with Gasteiger partial charge in [-0.1, -0.05) is 39.3 Å². The second kappa shape index (κ2) is 5.85. The largest absolute Gasteiger partial charge is 0.465 e. The third-order valence-electron chi connectivity index (χ3n) is 6.31. The van der Waals surface area contributed by atoms with Crippen molar-refractivity contribution in [2.45, 2.75) is 77.0 Å². The molecule has 0 radical (unpaired) electrons. The van der Waals surface area contributed by atoms with E-state index in [1.807, 2.05) is 6.08 Å². The third kappa shape index (κ3) is 2.35. The maximum absolute atomic E-state index is 12.9. The van der Waals surface area contributed by atoms with E-state index in [-0.39, 0.29) is 29.4 Å². The van der Waals surface area contributed by atoms with Crippen LogP contribution >= 0.6 is 12.2 Å². The fourth-order valence-electron chi connectivity index (χ4n) is 4.98. The van der Waals surface area contributed by atoms with Gasteiger partial charge in [0, 0.05) is 0 Å². The van der Waals surface area contributed by atoms with Crippen molar-refractivity contribution < 1.29 is 14.6 Å². The van der Waals surface area contributed by atoms with E-state index in [1.165, 1.54) is 0 Å². The van der Waals surface area contributed by atoms with E-state index in [0.29, 0.717) is 11.1 Å². The molecule has 1 aliphatic heterocycles. The minimum atomic E-state index is -0.756. The van der Waals surface area contributed by atoms with Gasteiger partial charge in [-0.15, -0.1) is 0 Å². The van der Waals surface area contributed by atoms with Crippen molar-refractivity contribution in [2.24, 2.45) is 11.3 Å². The number of unbranched alkanes of at least 4 members (excludes halogenated alkanes) is 1. The van der Waals surface area contributed by atoms with Gasteiger partial charge in [-0.05, 0) is 49.2 Å². The van der Waals surface area contributed by atoms with Gasteiger partial charge >= 0.3 is 0 Å². The lowest BCUT2D eigenvalue weighted by atomic mass is 9.74. The van der Waals surface area contributed by atoms with Crippen molar-refractivity contribution in [3.63, 3.8) is 0 Å². The van der Waals surface area contributed by atoms with Crippen LogP contribution < -0.4 is 0 Å². The molecule has 1 spiro atoms. The van der Waals surface area contributed by atoms with Crippen LogP contribution in [-0.4, -0.2) is 38.8 Å². The Bertz CT molecular complexity index is 544. The molecule has 2 bridgehead atoms. The highest BCUT2D eigenvalue weighted by Gasteiger charge is 2.72. The SMILES string of the molecule is CCC/C=C/[C@H](O)CC(=O)N1C(=S)O[C@@H]2C[C@H]3CC[C@@]21C3(C)C. The lowest BCUT2D eigenvalue weighted by Gasteiger charge is -2.42. The summed E-state index contributed by atoms with van der Waals surface area (Å²) in [5.74, 6) is 0.474. The fraction of sp³-hybridized carbons (Fsp3) is 0.778. The number of allylic oxidation sites excluding steroid dienone is 1. The molecule has 1 saturated heterocycles. The number of aliphatic hydroxyl groups is 1. The molecule has 1 heterocycles. The van der Waals surface area contributed by atoms with Crippen LogP contribution in [-0.2, 0) is 9.53 Å². The molecule has 0 aromatic carbocycles. The average Bonchev–Trinajstić information content (AvgIpc) is 2.98. The maximum Gasteiger partial charge on any atom is 0.267 e. The third-order valence-corrected chi connectivity index (χ3v) is 6.59. The quantitative estimate of drug-likeness (QED) is 0.618. The molecule has 3 rings (SSSR count). The Morgan fingerprint density at radius 3 is 2.96 bits per heavy atom. The average molecular weight is 337 g/mol. The second-order valence-electron chi connectivity index (χ2n) is 7.71. The first-order chi connectivity index (χ1) is 10.8. The van der Waals surface area contributed by atoms with Gasteiger partial charge in [-0.2, -0.15) is 0 Å². The molecule has 1 N–H and O–H groups in total. The Kier molecular flexibility index (Phi) is 4.30. The van der Waals surface area contributed by atoms with Crippen LogP contribution in [0, 0.1) is 11.3 Å². The van der Waals surface area contributed by atoms with E-state index in [0.717, 1.165) is 32.1 Å². The van der Waals surface area contributed by atoms with Crippen molar-refractivity contribution >= 4 is 23.3 Å². The minimum Gasteiger partial charge on any atom is -0.465 e. The van der Waals surface area contributed by atoms with Crippen molar-refractivity contribution in [1.82, 2.24) is 4.90 Å². The topological polar surface area (TPSA) is 49.8 Å². The number of aliphatic hydroxyl groups excluding tert-OH is 1. The van der Waals surface area contributed by atoms with Crippen LogP contribution in [0.15, 0.2) is 12.2 Å². The highest BCUT2D eigenvalue weighted by molar-refractivity contribution is 7.80. The van der Waals surface area contributed by atoms with Crippen molar-refractivity contribution in [3.05, 3.63) is 12.2 Å². The molecule has 5 heteroatoms. The van der Waals surface area contributed by atoms with E-state index >= 15 is 0 Å². The molecule has 23 heavy (non-hydrogen) atoms. The molecular formula is C18H27NO3S. The number of carbonyl (C=O) groups excluding carboxylic acids is 1. The maximum atomic E-state index is 12.9. The van der Waals surface area contributed by atoms with Crippen LogP contribution in [0.4, 0.5) is 0 Å². The number of thiocarbonyl (C=S) groups is 1. The molecule has 2 aliphatic carbocycles. The summed E-state index contributed by atoms with van der Waals surface area (Å²) in [6, 6.07) is 0. The fourth-order valence-corrected chi connectivity index (χ4v) is 5.36. The summed E-state index contributed by atoms with van der Waals surface area (Å²) < 4.78 is 5.90. The predicted molar refractivity (Wildman–Crippen MR) is 92.8 cm³/mol. The highest BCUT2D eigenvalue weighted by atomic mass is 32.1. The number of hydrogen-bond donors (Lipinski definition) is 1. The monoisotopic (exact) mass is 337 g/mol. The van der Waals surface area contributed by atoms with Crippen molar-refractivity contribution in [2.75, 3.05) is 0 Å². The van der Waals surface area contributed by atoms with E-state index in [9.17, 15) is 9.90 Å². The summed E-state index contributed by atoms with van der Waals surface area (Å²) in [6.07, 6.45) is 7.99. The first-order valence-corrected chi connectivity index (χ1v) is 9.13. The molecule has 0 aromatic heterocycles. The van der Waals surface area contributed by atoms with E-state index in [1.54, 1.807) is 11.0 Å². The number of rotatable bonds is 5. The number of hydrogen-bond acceptors (Lipinski definition) is 4. The normalized spacial score (nSPS) is 35.7.